The van der Waals surface area contributed by atoms with Gasteiger partial charge in [-0.3, -0.25) is 9.10 Å². The smallest absolute Gasteiger partial charge is 0.245 e. The van der Waals surface area contributed by atoms with Gasteiger partial charge in [-0.05, 0) is 37.3 Å². The summed E-state index contributed by atoms with van der Waals surface area (Å²) in [6, 6.07) is 9.32. The van der Waals surface area contributed by atoms with Crippen LogP contribution in [-0.4, -0.2) is 39.8 Å². The first-order chi connectivity index (χ1) is 13.3. The number of amides is 1. The lowest BCUT2D eigenvalue weighted by molar-refractivity contribution is -0.114. The Morgan fingerprint density at radius 2 is 1.71 bits per heavy atom. The first kappa shape index (κ1) is 20.6. The SMILES string of the molecule is CCS(=O)(=O)N(CC(=O)Nc1cc(Cl)cc(Cl)c1)c1ccc2c(c1)OCCO2. The standard InChI is InChI=1S/C18H18Cl2N2O5S/c1-2-28(24,25)22(15-3-4-16-17(10-15)27-6-5-26-16)11-18(23)21-14-8-12(19)7-13(20)9-14/h3-4,7-10H,2,5-6,11H2,1H3,(H,21,23). The second-order valence-electron chi connectivity index (χ2n) is 5.94. The van der Waals surface area contributed by atoms with Gasteiger partial charge in [-0.1, -0.05) is 23.2 Å². The third-order valence-corrected chi connectivity index (χ3v) is 6.13. The van der Waals surface area contributed by atoms with E-state index >= 15 is 0 Å². The van der Waals surface area contributed by atoms with Gasteiger partial charge in [-0.2, -0.15) is 0 Å². The van der Waals surface area contributed by atoms with E-state index < -0.39 is 22.5 Å². The lowest BCUT2D eigenvalue weighted by atomic mass is 10.2. The molecule has 0 aliphatic carbocycles. The molecule has 3 rings (SSSR count). The lowest BCUT2D eigenvalue weighted by Gasteiger charge is -2.25. The van der Waals surface area contributed by atoms with Gasteiger partial charge in [-0.25, -0.2) is 8.42 Å². The first-order valence-corrected chi connectivity index (χ1v) is 10.8. The maximum Gasteiger partial charge on any atom is 0.245 e. The largest absolute Gasteiger partial charge is 0.486 e. The summed E-state index contributed by atoms with van der Waals surface area (Å²) >= 11 is 11.9. The first-order valence-electron chi connectivity index (χ1n) is 8.44. The van der Waals surface area contributed by atoms with Crippen molar-refractivity contribution in [2.75, 3.05) is 35.1 Å². The predicted molar refractivity (Wildman–Crippen MR) is 109 cm³/mol. The summed E-state index contributed by atoms with van der Waals surface area (Å²) in [5.74, 6) is 0.256. The molecule has 0 radical (unpaired) electrons. The Balaban J connectivity index is 1.85. The minimum atomic E-state index is -3.72. The van der Waals surface area contributed by atoms with Gasteiger partial charge in [0.25, 0.3) is 0 Å². The zero-order chi connectivity index (χ0) is 20.3. The summed E-state index contributed by atoms with van der Waals surface area (Å²) < 4.78 is 37.2. The Bertz CT molecular complexity index is 977. The Morgan fingerprint density at radius 1 is 1.07 bits per heavy atom. The number of nitrogens with zero attached hydrogens (tertiary/aromatic N) is 1. The molecule has 1 aliphatic heterocycles. The molecule has 10 heteroatoms. The molecule has 0 bridgehead atoms. The van der Waals surface area contributed by atoms with E-state index in [1.807, 2.05) is 0 Å². The number of hydrogen-bond donors (Lipinski definition) is 1. The highest BCUT2D eigenvalue weighted by Crippen LogP contribution is 2.35. The normalized spacial score (nSPS) is 13.1. The number of halogens is 2. The summed E-state index contributed by atoms with van der Waals surface area (Å²) in [4.78, 5) is 12.5. The second-order valence-corrected chi connectivity index (χ2v) is 9.00. The van der Waals surface area contributed by atoms with Crippen molar-refractivity contribution in [3.63, 3.8) is 0 Å². The maximum atomic E-state index is 12.6. The van der Waals surface area contributed by atoms with Gasteiger partial charge in [0.1, 0.15) is 19.8 Å². The molecule has 1 aliphatic rings. The van der Waals surface area contributed by atoms with E-state index in [1.165, 1.54) is 25.1 Å². The fourth-order valence-corrected chi connectivity index (χ4v) is 4.24. The molecule has 7 nitrogen and oxygen atoms in total. The zero-order valence-corrected chi connectivity index (χ0v) is 17.3. The number of sulfonamides is 1. The van der Waals surface area contributed by atoms with Crippen LogP contribution in [0.5, 0.6) is 11.5 Å². The van der Waals surface area contributed by atoms with E-state index in [-0.39, 0.29) is 5.75 Å². The van der Waals surface area contributed by atoms with Crippen molar-refractivity contribution in [2.24, 2.45) is 0 Å². The molecule has 150 valence electrons. The van der Waals surface area contributed by atoms with Crippen molar-refractivity contribution in [1.82, 2.24) is 0 Å². The molecule has 1 N–H and O–H groups in total. The van der Waals surface area contributed by atoms with Crippen LogP contribution in [0.2, 0.25) is 10.0 Å². The fraction of sp³-hybridized carbons (Fsp3) is 0.278. The van der Waals surface area contributed by atoms with Gasteiger partial charge >= 0.3 is 0 Å². The molecule has 0 unspecified atom stereocenters. The minimum Gasteiger partial charge on any atom is -0.486 e. The topological polar surface area (TPSA) is 84.9 Å². The van der Waals surface area contributed by atoms with E-state index in [0.717, 1.165) is 4.31 Å². The van der Waals surface area contributed by atoms with Gasteiger partial charge in [-0.15, -0.1) is 0 Å². The molecule has 0 aromatic heterocycles. The number of nitrogens with one attached hydrogen (secondary N) is 1. The molecular weight excluding hydrogens is 427 g/mol. The van der Waals surface area contributed by atoms with E-state index in [2.05, 4.69) is 5.32 Å². The monoisotopic (exact) mass is 444 g/mol. The van der Waals surface area contributed by atoms with E-state index in [0.29, 0.717) is 46.1 Å². The Morgan fingerprint density at radius 3 is 2.36 bits per heavy atom. The summed E-state index contributed by atoms with van der Waals surface area (Å²) in [6.07, 6.45) is 0. The molecule has 0 saturated heterocycles. The van der Waals surface area contributed by atoms with Crippen LogP contribution in [0.1, 0.15) is 6.92 Å². The highest BCUT2D eigenvalue weighted by Gasteiger charge is 2.25. The second kappa shape index (κ2) is 8.46. The summed E-state index contributed by atoms with van der Waals surface area (Å²) in [7, 11) is -3.72. The minimum absolute atomic E-state index is 0.169. The Hall–Kier alpha value is -2.16. The van der Waals surface area contributed by atoms with Crippen molar-refractivity contribution in [1.29, 1.82) is 0 Å². The molecule has 0 saturated carbocycles. The van der Waals surface area contributed by atoms with Crippen LogP contribution >= 0.6 is 23.2 Å². The molecule has 1 heterocycles. The average molecular weight is 445 g/mol. The highest BCUT2D eigenvalue weighted by atomic mass is 35.5. The van der Waals surface area contributed by atoms with Crippen LogP contribution < -0.4 is 19.1 Å². The molecule has 0 fully saturated rings. The van der Waals surface area contributed by atoms with Gasteiger partial charge in [0.05, 0.1) is 11.4 Å². The summed E-state index contributed by atoms with van der Waals surface area (Å²) in [5.41, 5.74) is 0.684. The fourth-order valence-electron chi connectivity index (χ4n) is 2.65. The van der Waals surface area contributed by atoms with Crippen LogP contribution in [0.3, 0.4) is 0 Å². The summed E-state index contributed by atoms with van der Waals surface area (Å²) in [6.45, 7) is 1.88. The number of anilines is 2. The molecule has 2 aromatic rings. The van der Waals surface area contributed by atoms with E-state index in [4.69, 9.17) is 32.7 Å². The van der Waals surface area contributed by atoms with Crippen LogP contribution in [0.4, 0.5) is 11.4 Å². The molecule has 1 amide bonds. The Labute approximate surface area is 173 Å². The zero-order valence-electron chi connectivity index (χ0n) is 14.9. The van der Waals surface area contributed by atoms with Gasteiger partial charge in [0, 0.05) is 21.8 Å². The Kier molecular flexibility index (Phi) is 6.22. The molecule has 28 heavy (non-hydrogen) atoms. The molecule has 0 atom stereocenters. The number of ether oxygens (including phenoxy) is 2. The van der Waals surface area contributed by atoms with Gasteiger partial charge in [0.15, 0.2) is 11.5 Å². The predicted octanol–water partition coefficient (Wildman–Crippen LogP) is 3.56. The van der Waals surface area contributed by atoms with Crippen LogP contribution in [0, 0.1) is 0 Å². The number of rotatable bonds is 6. The average Bonchev–Trinajstić information content (AvgIpc) is 2.64. The highest BCUT2D eigenvalue weighted by molar-refractivity contribution is 7.92. The van der Waals surface area contributed by atoms with Gasteiger partial charge in [0.2, 0.25) is 15.9 Å². The lowest BCUT2D eigenvalue weighted by Crippen LogP contribution is -2.39. The van der Waals surface area contributed by atoms with Crippen LogP contribution in [-0.2, 0) is 14.8 Å². The molecule has 2 aromatic carbocycles. The number of benzene rings is 2. The van der Waals surface area contributed by atoms with Crippen LogP contribution in [0.15, 0.2) is 36.4 Å². The number of carbonyl (C=O) groups is 1. The van der Waals surface area contributed by atoms with E-state index in [1.54, 1.807) is 18.2 Å². The van der Waals surface area contributed by atoms with Crippen molar-refractivity contribution in [2.45, 2.75) is 6.92 Å². The summed E-state index contributed by atoms with van der Waals surface area (Å²) in [5, 5.41) is 3.32. The third-order valence-electron chi connectivity index (χ3n) is 3.95. The van der Waals surface area contributed by atoms with E-state index in [9.17, 15) is 13.2 Å². The third kappa shape index (κ3) is 4.81. The number of carbonyl (C=O) groups excluding carboxylic acids is 1. The van der Waals surface area contributed by atoms with Crippen LogP contribution in [0.25, 0.3) is 0 Å². The molecule has 0 spiro atoms. The number of hydrogen-bond acceptors (Lipinski definition) is 5. The van der Waals surface area contributed by atoms with Gasteiger partial charge < -0.3 is 14.8 Å². The molecular formula is C18H18Cl2N2O5S. The number of fused-ring (bicyclic) bond motifs is 1. The van der Waals surface area contributed by atoms with Crippen molar-refractivity contribution >= 4 is 50.5 Å². The van der Waals surface area contributed by atoms with Crippen molar-refractivity contribution in [3.05, 3.63) is 46.4 Å². The van der Waals surface area contributed by atoms with Crippen molar-refractivity contribution in [3.8, 4) is 11.5 Å². The maximum absolute atomic E-state index is 12.6. The van der Waals surface area contributed by atoms with Crippen molar-refractivity contribution < 1.29 is 22.7 Å². The quantitative estimate of drug-likeness (QED) is 0.735.